The average Bonchev–Trinajstić information content (AvgIpc) is 3.11. The average molecular weight is 337 g/mol. The molecule has 0 aliphatic carbocycles. The summed E-state index contributed by atoms with van der Waals surface area (Å²) in [6, 6.07) is 14.9. The van der Waals surface area contributed by atoms with E-state index in [-0.39, 0.29) is 11.9 Å². The summed E-state index contributed by atoms with van der Waals surface area (Å²) in [5.41, 5.74) is 1.74. The first-order valence-corrected chi connectivity index (χ1v) is 8.49. The van der Waals surface area contributed by atoms with Gasteiger partial charge in [0.05, 0.1) is 12.1 Å². The molecule has 1 aromatic carbocycles. The Balaban J connectivity index is 1.54. The molecule has 25 heavy (non-hydrogen) atoms. The van der Waals surface area contributed by atoms with Crippen LogP contribution in [-0.2, 0) is 6.54 Å². The summed E-state index contributed by atoms with van der Waals surface area (Å²) in [6.45, 7) is 3.47. The van der Waals surface area contributed by atoms with Crippen LogP contribution in [0.15, 0.2) is 65.3 Å². The van der Waals surface area contributed by atoms with Gasteiger partial charge in [-0.3, -0.25) is 9.88 Å². The first-order valence-electron chi connectivity index (χ1n) is 8.49. The summed E-state index contributed by atoms with van der Waals surface area (Å²) in [5.74, 6) is 1.16. The van der Waals surface area contributed by atoms with Crippen LogP contribution >= 0.6 is 0 Å². The zero-order valence-electron chi connectivity index (χ0n) is 13.9. The summed E-state index contributed by atoms with van der Waals surface area (Å²) in [4.78, 5) is 6.49. The Labute approximate surface area is 146 Å². The Hall–Kier alpha value is -2.50. The van der Waals surface area contributed by atoms with Crippen molar-refractivity contribution in [3.05, 3.63) is 78.1 Å². The highest BCUT2D eigenvalue weighted by Gasteiger charge is 2.24. The van der Waals surface area contributed by atoms with Crippen molar-refractivity contribution >= 4 is 0 Å². The lowest BCUT2D eigenvalue weighted by molar-refractivity contribution is 0.143. The van der Waals surface area contributed by atoms with Gasteiger partial charge >= 0.3 is 0 Å². The van der Waals surface area contributed by atoms with Crippen LogP contribution in [0.25, 0.3) is 11.3 Å². The molecule has 5 heteroatoms. The van der Waals surface area contributed by atoms with Crippen LogP contribution in [0.5, 0.6) is 0 Å². The van der Waals surface area contributed by atoms with Gasteiger partial charge in [0.2, 0.25) is 0 Å². The number of nitrogens with one attached hydrogen (secondary N) is 1. The highest BCUT2D eigenvalue weighted by Crippen LogP contribution is 2.28. The Kier molecular flexibility index (Phi) is 4.59. The van der Waals surface area contributed by atoms with Gasteiger partial charge in [0, 0.05) is 38.1 Å². The van der Waals surface area contributed by atoms with Gasteiger partial charge in [-0.05, 0) is 42.0 Å². The molecule has 1 unspecified atom stereocenters. The molecule has 1 aliphatic heterocycles. The number of piperazine rings is 1. The van der Waals surface area contributed by atoms with E-state index >= 15 is 0 Å². The van der Waals surface area contributed by atoms with E-state index in [2.05, 4.69) is 27.3 Å². The highest BCUT2D eigenvalue weighted by molar-refractivity contribution is 5.58. The molecule has 1 aliphatic rings. The number of hydrogen-bond donors (Lipinski definition) is 1. The van der Waals surface area contributed by atoms with Crippen molar-refractivity contribution < 1.29 is 8.81 Å². The quantitative estimate of drug-likeness (QED) is 0.789. The predicted molar refractivity (Wildman–Crippen MR) is 94.4 cm³/mol. The first kappa shape index (κ1) is 16.0. The molecule has 0 amide bonds. The van der Waals surface area contributed by atoms with Crippen LogP contribution < -0.4 is 5.32 Å². The van der Waals surface area contributed by atoms with Gasteiger partial charge in [-0.2, -0.15) is 0 Å². The molecule has 3 heterocycles. The lowest BCUT2D eigenvalue weighted by atomic mass is 10.0. The maximum atomic E-state index is 13.9. The third-order valence-corrected chi connectivity index (χ3v) is 4.61. The van der Waals surface area contributed by atoms with E-state index in [0.29, 0.717) is 17.9 Å². The van der Waals surface area contributed by atoms with Crippen molar-refractivity contribution in [2.75, 3.05) is 19.6 Å². The maximum Gasteiger partial charge on any atom is 0.137 e. The van der Waals surface area contributed by atoms with E-state index in [0.717, 1.165) is 25.4 Å². The second-order valence-corrected chi connectivity index (χ2v) is 6.22. The maximum absolute atomic E-state index is 13.9. The summed E-state index contributed by atoms with van der Waals surface area (Å²) in [7, 11) is 0. The molecule has 0 bridgehead atoms. The van der Waals surface area contributed by atoms with Gasteiger partial charge in [0.15, 0.2) is 0 Å². The first-order chi connectivity index (χ1) is 12.3. The van der Waals surface area contributed by atoms with E-state index in [1.807, 2.05) is 30.6 Å². The number of benzene rings is 1. The standard InChI is InChI=1S/C20H20FN3O/c21-18-4-2-1-3-17(18)20-6-5-16(25-20)14-24-12-11-23-13-19(24)15-7-9-22-10-8-15/h1-10,19,23H,11-14H2. The fraction of sp³-hybridized carbons (Fsp3) is 0.250. The van der Waals surface area contributed by atoms with E-state index in [9.17, 15) is 4.39 Å². The molecular formula is C20H20FN3O. The summed E-state index contributed by atoms with van der Waals surface area (Å²) in [6.07, 6.45) is 3.65. The molecule has 3 aromatic rings. The fourth-order valence-electron chi connectivity index (χ4n) is 3.32. The van der Waals surface area contributed by atoms with Gasteiger partial charge in [-0.25, -0.2) is 4.39 Å². The van der Waals surface area contributed by atoms with Crippen molar-refractivity contribution in [3.8, 4) is 11.3 Å². The van der Waals surface area contributed by atoms with Crippen molar-refractivity contribution in [3.63, 3.8) is 0 Å². The molecule has 1 saturated heterocycles. The minimum Gasteiger partial charge on any atom is -0.460 e. The van der Waals surface area contributed by atoms with Crippen molar-refractivity contribution in [1.29, 1.82) is 0 Å². The molecule has 1 N–H and O–H groups in total. The largest absolute Gasteiger partial charge is 0.460 e. The summed E-state index contributed by atoms with van der Waals surface area (Å²) < 4.78 is 19.9. The third-order valence-electron chi connectivity index (χ3n) is 4.61. The molecule has 0 spiro atoms. The number of furan rings is 1. The number of rotatable bonds is 4. The minimum absolute atomic E-state index is 0.264. The number of nitrogens with zero attached hydrogens (tertiary/aromatic N) is 2. The zero-order valence-corrected chi connectivity index (χ0v) is 13.9. The van der Waals surface area contributed by atoms with Crippen LogP contribution in [0, 0.1) is 5.82 Å². The highest BCUT2D eigenvalue weighted by atomic mass is 19.1. The van der Waals surface area contributed by atoms with Crippen LogP contribution in [0.1, 0.15) is 17.4 Å². The number of halogens is 1. The van der Waals surface area contributed by atoms with E-state index in [1.165, 1.54) is 11.6 Å². The van der Waals surface area contributed by atoms with Gasteiger partial charge in [-0.1, -0.05) is 12.1 Å². The lowest BCUT2D eigenvalue weighted by Gasteiger charge is -2.35. The monoisotopic (exact) mass is 337 g/mol. The molecule has 4 nitrogen and oxygen atoms in total. The minimum atomic E-state index is -0.264. The molecular weight excluding hydrogens is 317 g/mol. The molecule has 4 rings (SSSR count). The smallest absolute Gasteiger partial charge is 0.137 e. The Morgan fingerprint density at radius 2 is 1.96 bits per heavy atom. The van der Waals surface area contributed by atoms with Gasteiger partial charge in [-0.15, -0.1) is 0 Å². The second kappa shape index (κ2) is 7.17. The number of aromatic nitrogens is 1. The van der Waals surface area contributed by atoms with Gasteiger partial charge in [0.1, 0.15) is 17.3 Å². The normalized spacial score (nSPS) is 18.4. The zero-order chi connectivity index (χ0) is 17.1. The molecule has 2 aromatic heterocycles. The van der Waals surface area contributed by atoms with Crippen LogP contribution in [-0.4, -0.2) is 29.5 Å². The summed E-state index contributed by atoms with van der Waals surface area (Å²) in [5, 5.41) is 3.45. The Bertz CT molecular complexity index is 834. The van der Waals surface area contributed by atoms with E-state index in [1.54, 1.807) is 12.1 Å². The van der Waals surface area contributed by atoms with Gasteiger partial charge in [0.25, 0.3) is 0 Å². The SMILES string of the molecule is Fc1ccccc1-c1ccc(CN2CCNCC2c2ccncc2)o1. The van der Waals surface area contributed by atoms with Crippen molar-refractivity contribution in [1.82, 2.24) is 15.2 Å². The Morgan fingerprint density at radius 3 is 2.80 bits per heavy atom. The Morgan fingerprint density at radius 1 is 1.12 bits per heavy atom. The predicted octanol–water partition coefficient (Wildman–Crippen LogP) is 3.63. The molecule has 1 atom stereocenters. The third kappa shape index (κ3) is 3.48. The van der Waals surface area contributed by atoms with Crippen LogP contribution in [0.4, 0.5) is 4.39 Å². The molecule has 0 radical (unpaired) electrons. The van der Waals surface area contributed by atoms with Crippen LogP contribution in [0.2, 0.25) is 0 Å². The van der Waals surface area contributed by atoms with Crippen molar-refractivity contribution in [2.45, 2.75) is 12.6 Å². The van der Waals surface area contributed by atoms with Crippen LogP contribution in [0.3, 0.4) is 0 Å². The van der Waals surface area contributed by atoms with Crippen molar-refractivity contribution in [2.24, 2.45) is 0 Å². The number of hydrogen-bond acceptors (Lipinski definition) is 4. The fourth-order valence-corrected chi connectivity index (χ4v) is 3.32. The van der Waals surface area contributed by atoms with E-state index in [4.69, 9.17) is 4.42 Å². The second-order valence-electron chi connectivity index (χ2n) is 6.22. The summed E-state index contributed by atoms with van der Waals surface area (Å²) >= 11 is 0. The number of pyridine rings is 1. The van der Waals surface area contributed by atoms with Gasteiger partial charge < -0.3 is 9.73 Å². The van der Waals surface area contributed by atoms with E-state index < -0.39 is 0 Å². The molecule has 0 saturated carbocycles. The lowest BCUT2D eigenvalue weighted by Crippen LogP contribution is -2.45. The topological polar surface area (TPSA) is 41.3 Å². The molecule has 128 valence electrons. The molecule has 1 fully saturated rings.